The lowest BCUT2D eigenvalue weighted by Gasteiger charge is -2.15. The van der Waals surface area contributed by atoms with Gasteiger partial charge in [0.25, 0.3) is 0 Å². The standard InChI is InChI=1S/C23H32N2O3/c1-4-28-22(23(24)27)7-5-6-21(26)20-14-12-19(13-15-20)18-10-8-17(9-11-18)16-25(2)3/h8-15,21-22,26H,4-7,16H2,1-3H3,(H2,24,27). The molecule has 0 heterocycles. The molecular formula is C23H32N2O3. The van der Waals surface area contributed by atoms with Gasteiger partial charge in [0, 0.05) is 13.2 Å². The maximum Gasteiger partial charge on any atom is 0.246 e. The van der Waals surface area contributed by atoms with E-state index < -0.39 is 18.1 Å². The topological polar surface area (TPSA) is 75.8 Å². The molecule has 0 aromatic heterocycles. The quantitative estimate of drug-likeness (QED) is 0.622. The van der Waals surface area contributed by atoms with Crippen LogP contribution in [-0.2, 0) is 16.1 Å². The molecule has 0 spiro atoms. The fourth-order valence-electron chi connectivity index (χ4n) is 3.24. The van der Waals surface area contributed by atoms with Gasteiger partial charge in [-0.05, 0) is 62.5 Å². The van der Waals surface area contributed by atoms with Crippen molar-refractivity contribution in [3.63, 3.8) is 0 Å². The predicted octanol–water partition coefficient (Wildman–Crippen LogP) is 3.51. The molecule has 2 rings (SSSR count). The molecule has 3 N–H and O–H groups in total. The van der Waals surface area contributed by atoms with E-state index in [1.807, 2.05) is 31.2 Å². The Balaban J connectivity index is 1.91. The van der Waals surface area contributed by atoms with E-state index in [-0.39, 0.29) is 0 Å². The number of aliphatic hydroxyl groups excluding tert-OH is 1. The minimum absolute atomic E-state index is 0.447. The van der Waals surface area contributed by atoms with Crippen LogP contribution in [0, 0.1) is 0 Å². The van der Waals surface area contributed by atoms with E-state index in [0.29, 0.717) is 25.9 Å². The number of carbonyl (C=O) groups is 1. The Kier molecular flexibility index (Phi) is 8.64. The third-order valence-electron chi connectivity index (χ3n) is 4.71. The first-order valence-electron chi connectivity index (χ1n) is 9.83. The number of amides is 1. The van der Waals surface area contributed by atoms with Crippen molar-refractivity contribution in [3.8, 4) is 11.1 Å². The molecule has 0 radical (unpaired) electrons. The zero-order chi connectivity index (χ0) is 20.5. The van der Waals surface area contributed by atoms with E-state index in [0.717, 1.165) is 23.2 Å². The summed E-state index contributed by atoms with van der Waals surface area (Å²) in [5.74, 6) is -0.447. The van der Waals surface area contributed by atoms with Crippen molar-refractivity contribution in [1.29, 1.82) is 0 Å². The monoisotopic (exact) mass is 384 g/mol. The van der Waals surface area contributed by atoms with Crippen LogP contribution < -0.4 is 5.73 Å². The number of nitrogens with zero attached hydrogens (tertiary/aromatic N) is 1. The number of carbonyl (C=O) groups excluding carboxylic acids is 1. The first kappa shape index (κ1) is 22.1. The van der Waals surface area contributed by atoms with Gasteiger partial charge in [-0.15, -0.1) is 0 Å². The summed E-state index contributed by atoms with van der Waals surface area (Å²) in [6.07, 6.45) is 0.624. The molecule has 5 nitrogen and oxygen atoms in total. The minimum atomic E-state index is -0.574. The van der Waals surface area contributed by atoms with E-state index in [4.69, 9.17) is 10.5 Å². The van der Waals surface area contributed by atoms with Crippen molar-refractivity contribution in [2.75, 3.05) is 20.7 Å². The summed E-state index contributed by atoms with van der Waals surface area (Å²) in [4.78, 5) is 13.5. The number of rotatable bonds is 11. The van der Waals surface area contributed by atoms with Crippen LogP contribution in [0.5, 0.6) is 0 Å². The number of hydrogen-bond donors (Lipinski definition) is 2. The molecule has 2 atom stereocenters. The second-order valence-electron chi connectivity index (χ2n) is 7.35. The van der Waals surface area contributed by atoms with Crippen molar-refractivity contribution in [1.82, 2.24) is 4.90 Å². The van der Waals surface area contributed by atoms with Crippen LogP contribution in [0.2, 0.25) is 0 Å². The highest BCUT2D eigenvalue weighted by molar-refractivity contribution is 5.78. The third-order valence-corrected chi connectivity index (χ3v) is 4.71. The highest BCUT2D eigenvalue weighted by Crippen LogP contribution is 2.25. The van der Waals surface area contributed by atoms with Crippen molar-refractivity contribution >= 4 is 5.91 Å². The Morgan fingerprint density at radius 3 is 2.11 bits per heavy atom. The Hall–Kier alpha value is -2.21. The molecule has 2 aromatic carbocycles. The Morgan fingerprint density at radius 1 is 1.04 bits per heavy atom. The van der Waals surface area contributed by atoms with Crippen LogP contribution in [-0.4, -0.2) is 42.7 Å². The highest BCUT2D eigenvalue weighted by Gasteiger charge is 2.16. The van der Waals surface area contributed by atoms with Gasteiger partial charge in [-0.25, -0.2) is 0 Å². The Morgan fingerprint density at radius 2 is 1.61 bits per heavy atom. The second-order valence-corrected chi connectivity index (χ2v) is 7.35. The molecule has 152 valence electrons. The normalized spacial score (nSPS) is 13.5. The molecule has 0 saturated heterocycles. The van der Waals surface area contributed by atoms with E-state index in [9.17, 15) is 9.90 Å². The molecule has 0 fully saturated rings. The van der Waals surface area contributed by atoms with Crippen LogP contribution in [0.1, 0.15) is 43.4 Å². The molecule has 5 heteroatoms. The van der Waals surface area contributed by atoms with Crippen LogP contribution in [0.4, 0.5) is 0 Å². The van der Waals surface area contributed by atoms with Crippen molar-refractivity contribution in [2.24, 2.45) is 5.73 Å². The molecule has 0 aliphatic heterocycles. The number of hydrogen-bond acceptors (Lipinski definition) is 4. The molecule has 0 aliphatic rings. The van der Waals surface area contributed by atoms with Crippen molar-refractivity contribution < 1.29 is 14.6 Å². The summed E-state index contributed by atoms with van der Waals surface area (Å²) in [6.45, 7) is 3.21. The maximum atomic E-state index is 11.3. The summed E-state index contributed by atoms with van der Waals surface area (Å²) in [5, 5.41) is 10.4. The van der Waals surface area contributed by atoms with E-state index in [2.05, 4.69) is 43.3 Å². The fourth-order valence-corrected chi connectivity index (χ4v) is 3.24. The van der Waals surface area contributed by atoms with Gasteiger partial charge in [0.1, 0.15) is 6.10 Å². The highest BCUT2D eigenvalue weighted by atomic mass is 16.5. The van der Waals surface area contributed by atoms with Crippen molar-refractivity contribution in [3.05, 3.63) is 59.7 Å². The molecule has 28 heavy (non-hydrogen) atoms. The zero-order valence-corrected chi connectivity index (χ0v) is 17.1. The summed E-state index contributed by atoms with van der Waals surface area (Å²) in [6, 6.07) is 16.5. The Bertz CT molecular complexity index is 727. The summed E-state index contributed by atoms with van der Waals surface area (Å²) in [5.41, 5.74) is 9.76. The first-order chi connectivity index (χ1) is 13.4. The number of primary amides is 1. The average molecular weight is 385 g/mol. The second kappa shape index (κ2) is 11.0. The SMILES string of the molecule is CCOC(CCCC(O)c1ccc(-c2ccc(CN(C)C)cc2)cc1)C(N)=O. The average Bonchev–Trinajstić information content (AvgIpc) is 2.67. The zero-order valence-electron chi connectivity index (χ0n) is 17.1. The molecule has 2 unspecified atom stereocenters. The molecule has 1 amide bonds. The van der Waals surface area contributed by atoms with Gasteiger partial charge < -0.3 is 20.5 Å². The lowest BCUT2D eigenvalue weighted by molar-refractivity contribution is -0.129. The lowest BCUT2D eigenvalue weighted by Crippen LogP contribution is -2.31. The van der Waals surface area contributed by atoms with Gasteiger partial charge in [0.2, 0.25) is 5.91 Å². The van der Waals surface area contributed by atoms with Gasteiger partial charge in [-0.3, -0.25) is 4.79 Å². The Labute approximate surface area is 168 Å². The molecular weight excluding hydrogens is 352 g/mol. The van der Waals surface area contributed by atoms with Gasteiger partial charge in [0.05, 0.1) is 6.10 Å². The smallest absolute Gasteiger partial charge is 0.246 e. The van der Waals surface area contributed by atoms with Crippen LogP contribution >= 0.6 is 0 Å². The minimum Gasteiger partial charge on any atom is -0.388 e. The summed E-state index contributed by atoms with van der Waals surface area (Å²) in [7, 11) is 4.12. The molecule has 0 aliphatic carbocycles. The van der Waals surface area contributed by atoms with Crippen LogP contribution in [0.3, 0.4) is 0 Å². The van der Waals surface area contributed by atoms with Gasteiger partial charge in [-0.2, -0.15) is 0 Å². The summed E-state index contributed by atoms with van der Waals surface area (Å²) < 4.78 is 5.33. The lowest BCUT2D eigenvalue weighted by atomic mass is 9.98. The molecule has 0 bridgehead atoms. The molecule has 2 aromatic rings. The van der Waals surface area contributed by atoms with E-state index in [1.165, 1.54) is 5.56 Å². The summed E-state index contributed by atoms with van der Waals surface area (Å²) >= 11 is 0. The fraction of sp³-hybridized carbons (Fsp3) is 0.435. The number of nitrogens with two attached hydrogens (primary N) is 1. The van der Waals surface area contributed by atoms with Crippen molar-refractivity contribution in [2.45, 2.75) is 44.9 Å². The first-order valence-corrected chi connectivity index (χ1v) is 9.83. The maximum absolute atomic E-state index is 11.3. The van der Waals surface area contributed by atoms with Crippen LogP contribution in [0.25, 0.3) is 11.1 Å². The van der Waals surface area contributed by atoms with Gasteiger partial charge in [0.15, 0.2) is 0 Å². The van der Waals surface area contributed by atoms with Crippen LogP contribution in [0.15, 0.2) is 48.5 Å². The van der Waals surface area contributed by atoms with E-state index >= 15 is 0 Å². The number of benzene rings is 2. The number of ether oxygens (including phenoxy) is 1. The largest absolute Gasteiger partial charge is 0.388 e. The van der Waals surface area contributed by atoms with Gasteiger partial charge in [-0.1, -0.05) is 48.5 Å². The molecule has 0 saturated carbocycles. The predicted molar refractivity (Wildman–Crippen MR) is 113 cm³/mol. The number of aliphatic hydroxyl groups is 1. The third kappa shape index (κ3) is 6.75. The van der Waals surface area contributed by atoms with Gasteiger partial charge >= 0.3 is 0 Å². The van der Waals surface area contributed by atoms with E-state index in [1.54, 1.807) is 0 Å².